The first-order valence-corrected chi connectivity index (χ1v) is 18.1. The van der Waals surface area contributed by atoms with Crippen LogP contribution >= 0.6 is 0 Å². The maximum Gasteiger partial charge on any atom is 0.150 e. The molecule has 0 heterocycles. The molecule has 0 radical (unpaired) electrons. The monoisotopic (exact) mass is 693 g/mol. The summed E-state index contributed by atoms with van der Waals surface area (Å²) in [5.74, 6) is 0. The number of benzene rings is 8. The number of fused-ring (bicyclic) bond motifs is 3. The molecule has 0 saturated heterocycles. The lowest BCUT2D eigenvalue weighted by Crippen LogP contribution is -2.28. The molecule has 8 aromatic carbocycles. The second kappa shape index (κ2) is 13.8. The van der Waals surface area contributed by atoms with E-state index in [0.717, 1.165) is 74.1 Å². The highest BCUT2D eigenvalue weighted by Crippen LogP contribution is 2.57. The molecule has 256 valence electrons. The number of hydrogen-bond donors (Lipinski definition) is 0. The molecule has 3 heteroatoms. The topological polar surface area (TPSA) is 37.4 Å². The Morgan fingerprint density at radius 1 is 0.352 bits per heavy atom. The average Bonchev–Trinajstić information content (AvgIpc) is 3.55. The number of nitrogens with zero attached hydrogens (tertiary/aromatic N) is 1. The molecule has 0 N–H and O–H groups in total. The van der Waals surface area contributed by atoms with E-state index in [1.54, 1.807) is 0 Å². The molecule has 0 unspecified atom stereocenters. The van der Waals surface area contributed by atoms with Crippen LogP contribution < -0.4 is 4.90 Å². The Morgan fingerprint density at radius 2 is 0.759 bits per heavy atom. The maximum absolute atomic E-state index is 11.7. The largest absolute Gasteiger partial charge is 0.310 e. The Morgan fingerprint density at radius 3 is 1.24 bits per heavy atom. The highest BCUT2D eigenvalue weighted by atomic mass is 16.1. The van der Waals surface area contributed by atoms with Gasteiger partial charge in [-0.25, -0.2) is 0 Å². The first-order chi connectivity index (χ1) is 26.7. The molecule has 8 aromatic rings. The van der Waals surface area contributed by atoms with Crippen molar-refractivity contribution in [3.63, 3.8) is 0 Å². The molecule has 0 amide bonds. The fourth-order valence-corrected chi connectivity index (χ4v) is 8.14. The van der Waals surface area contributed by atoms with E-state index >= 15 is 0 Å². The van der Waals surface area contributed by atoms with E-state index < -0.39 is 5.41 Å². The fourth-order valence-electron chi connectivity index (χ4n) is 8.14. The van der Waals surface area contributed by atoms with Crippen molar-refractivity contribution >= 4 is 29.6 Å². The summed E-state index contributed by atoms with van der Waals surface area (Å²) in [5.41, 5.74) is 15.1. The number of rotatable bonds is 9. The molecule has 0 atom stereocenters. The van der Waals surface area contributed by atoms with Crippen molar-refractivity contribution in [2.75, 3.05) is 4.90 Å². The average molecular weight is 694 g/mol. The third kappa shape index (κ3) is 5.55. The molecule has 1 aliphatic rings. The highest BCUT2D eigenvalue weighted by molar-refractivity contribution is 5.91. The summed E-state index contributed by atoms with van der Waals surface area (Å²) in [5, 5.41) is 0. The Bertz CT molecular complexity index is 2460. The van der Waals surface area contributed by atoms with E-state index in [9.17, 15) is 9.59 Å². The van der Waals surface area contributed by atoms with Crippen LogP contribution in [0.5, 0.6) is 0 Å². The smallest absolute Gasteiger partial charge is 0.150 e. The third-order valence-electron chi connectivity index (χ3n) is 10.7. The Hall–Kier alpha value is -7.10. The van der Waals surface area contributed by atoms with Gasteiger partial charge in [0.1, 0.15) is 12.6 Å². The SMILES string of the molecule is O=Cc1ccc(C2(c3ccc(C=O)cc3)c3ccccc3-c3cc(N(c4ccc(-c5ccccc5)cc4)c4ccc(-c5ccccc5)cc4)ccc32)cc1. The summed E-state index contributed by atoms with van der Waals surface area (Å²) in [4.78, 5) is 25.8. The number of anilines is 3. The number of hydrogen-bond acceptors (Lipinski definition) is 3. The predicted molar refractivity (Wildman–Crippen MR) is 220 cm³/mol. The molecule has 0 spiro atoms. The van der Waals surface area contributed by atoms with E-state index in [1.807, 2.05) is 36.4 Å². The first-order valence-electron chi connectivity index (χ1n) is 18.1. The van der Waals surface area contributed by atoms with Crippen molar-refractivity contribution in [1.82, 2.24) is 0 Å². The molecule has 0 aromatic heterocycles. The van der Waals surface area contributed by atoms with Crippen molar-refractivity contribution in [3.8, 4) is 33.4 Å². The maximum atomic E-state index is 11.7. The first kappa shape index (κ1) is 32.8. The van der Waals surface area contributed by atoms with Gasteiger partial charge in [-0.2, -0.15) is 0 Å². The van der Waals surface area contributed by atoms with Crippen LogP contribution in [-0.4, -0.2) is 12.6 Å². The summed E-state index contributed by atoms with van der Waals surface area (Å²) in [6.07, 6.45) is 1.76. The minimum absolute atomic E-state index is 0.624. The van der Waals surface area contributed by atoms with Gasteiger partial charge in [0.2, 0.25) is 0 Å². The fraction of sp³-hybridized carbons (Fsp3) is 0.0196. The molecule has 3 nitrogen and oxygen atoms in total. The number of carbonyl (C=O) groups is 2. The van der Waals surface area contributed by atoms with Gasteiger partial charge in [0.15, 0.2) is 0 Å². The summed E-state index contributed by atoms with van der Waals surface area (Å²) in [7, 11) is 0. The van der Waals surface area contributed by atoms with Crippen LogP contribution in [0.15, 0.2) is 200 Å². The number of carbonyl (C=O) groups excluding carboxylic acids is 2. The Balaban J connectivity index is 1.24. The van der Waals surface area contributed by atoms with Crippen LogP contribution in [0.2, 0.25) is 0 Å². The van der Waals surface area contributed by atoms with Crippen molar-refractivity contribution in [2.24, 2.45) is 0 Å². The molecule has 0 fully saturated rings. The van der Waals surface area contributed by atoms with Crippen LogP contribution in [0.25, 0.3) is 33.4 Å². The zero-order chi connectivity index (χ0) is 36.5. The lowest BCUT2D eigenvalue weighted by Gasteiger charge is -2.34. The lowest BCUT2D eigenvalue weighted by atomic mass is 9.67. The van der Waals surface area contributed by atoms with Crippen LogP contribution in [0.3, 0.4) is 0 Å². The molecular weight excluding hydrogens is 659 g/mol. The van der Waals surface area contributed by atoms with Crippen LogP contribution in [0.1, 0.15) is 43.0 Å². The van der Waals surface area contributed by atoms with Crippen molar-refractivity contribution in [3.05, 3.63) is 234 Å². The molecular formula is C51H35NO2. The Kier molecular flexibility index (Phi) is 8.38. The van der Waals surface area contributed by atoms with Crippen molar-refractivity contribution in [2.45, 2.75) is 5.41 Å². The Labute approximate surface area is 315 Å². The normalized spacial score (nSPS) is 12.4. The zero-order valence-electron chi connectivity index (χ0n) is 29.5. The van der Waals surface area contributed by atoms with E-state index in [4.69, 9.17) is 0 Å². The standard InChI is InChI=1S/C51H35NO2/c53-34-36-15-23-42(24-16-36)51(43-25-17-37(35-54)18-26-43)49-14-8-7-13-47(49)48-33-46(31-32-50(48)51)52(44-27-19-40(20-28-44)38-9-3-1-4-10-38)45-29-21-41(22-30-45)39-11-5-2-6-12-39/h1-35H. The molecule has 0 saturated carbocycles. The van der Waals surface area contributed by atoms with E-state index in [2.05, 4.69) is 169 Å². The van der Waals surface area contributed by atoms with E-state index in [0.29, 0.717) is 11.1 Å². The summed E-state index contributed by atoms with van der Waals surface area (Å²) >= 11 is 0. The van der Waals surface area contributed by atoms with Crippen molar-refractivity contribution in [1.29, 1.82) is 0 Å². The molecule has 9 rings (SSSR count). The van der Waals surface area contributed by atoms with Crippen LogP contribution in [0.4, 0.5) is 17.1 Å². The second-order valence-electron chi connectivity index (χ2n) is 13.7. The molecule has 0 aliphatic heterocycles. The third-order valence-corrected chi connectivity index (χ3v) is 10.7. The van der Waals surface area contributed by atoms with Gasteiger partial charge in [-0.05, 0) is 92.0 Å². The van der Waals surface area contributed by atoms with Gasteiger partial charge < -0.3 is 4.90 Å². The second-order valence-corrected chi connectivity index (χ2v) is 13.7. The number of aldehydes is 2. The van der Waals surface area contributed by atoms with E-state index in [-0.39, 0.29) is 0 Å². The summed E-state index contributed by atoms with van der Waals surface area (Å²) in [6.45, 7) is 0. The lowest BCUT2D eigenvalue weighted by molar-refractivity contribution is 0.111. The van der Waals surface area contributed by atoms with E-state index in [1.165, 1.54) is 11.1 Å². The molecule has 0 bridgehead atoms. The van der Waals surface area contributed by atoms with Gasteiger partial charge in [-0.1, -0.05) is 164 Å². The molecule has 1 aliphatic carbocycles. The van der Waals surface area contributed by atoms with Gasteiger partial charge in [-0.3, -0.25) is 9.59 Å². The quantitative estimate of drug-likeness (QED) is 0.141. The van der Waals surface area contributed by atoms with Gasteiger partial charge in [0.05, 0.1) is 5.41 Å². The molecule has 54 heavy (non-hydrogen) atoms. The summed E-state index contributed by atoms with van der Waals surface area (Å²) in [6, 6.07) is 69.6. The van der Waals surface area contributed by atoms with Crippen molar-refractivity contribution < 1.29 is 9.59 Å². The van der Waals surface area contributed by atoms with Crippen LogP contribution in [-0.2, 0) is 5.41 Å². The highest BCUT2D eigenvalue weighted by Gasteiger charge is 2.46. The van der Waals surface area contributed by atoms with Crippen LogP contribution in [0, 0.1) is 0 Å². The van der Waals surface area contributed by atoms with Gasteiger partial charge in [0, 0.05) is 28.2 Å². The van der Waals surface area contributed by atoms with Gasteiger partial charge in [0.25, 0.3) is 0 Å². The zero-order valence-corrected chi connectivity index (χ0v) is 29.5. The predicted octanol–water partition coefficient (Wildman–Crippen LogP) is 12.5. The minimum Gasteiger partial charge on any atom is -0.310 e. The minimum atomic E-state index is -0.674. The van der Waals surface area contributed by atoms with Gasteiger partial charge >= 0.3 is 0 Å². The summed E-state index contributed by atoms with van der Waals surface area (Å²) < 4.78 is 0. The van der Waals surface area contributed by atoms with Gasteiger partial charge in [-0.15, -0.1) is 0 Å².